The Labute approximate surface area is 149 Å². The summed E-state index contributed by atoms with van der Waals surface area (Å²) >= 11 is 0. The number of hydrogen-bond acceptors (Lipinski definition) is 6. The SMILES string of the molecule is CC(CNc1nccc(N2CCNCC2)n1)Cn1cc(C(F)(F)F)cn1. The summed E-state index contributed by atoms with van der Waals surface area (Å²) in [5.41, 5.74) is -0.732. The summed E-state index contributed by atoms with van der Waals surface area (Å²) in [6.07, 6.45) is -0.781. The molecule has 0 amide bonds. The van der Waals surface area contributed by atoms with E-state index in [1.807, 2.05) is 13.0 Å². The number of aromatic nitrogens is 4. The summed E-state index contributed by atoms with van der Waals surface area (Å²) in [4.78, 5) is 10.9. The second-order valence-electron chi connectivity index (χ2n) is 6.41. The Morgan fingerprint density at radius 2 is 2.08 bits per heavy atom. The lowest BCUT2D eigenvalue weighted by Crippen LogP contribution is -2.43. The maximum atomic E-state index is 12.6. The molecule has 0 aliphatic carbocycles. The van der Waals surface area contributed by atoms with Gasteiger partial charge in [0.05, 0.1) is 11.8 Å². The van der Waals surface area contributed by atoms with Crippen molar-refractivity contribution in [1.29, 1.82) is 0 Å². The molecule has 3 rings (SSSR count). The lowest BCUT2D eigenvalue weighted by molar-refractivity contribution is -0.137. The van der Waals surface area contributed by atoms with Crippen molar-refractivity contribution in [3.05, 3.63) is 30.2 Å². The van der Waals surface area contributed by atoms with Crippen molar-refractivity contribution < 1.29 is 13.2 Å². The third-order valence-corrected chi connectivity index (χ3v) is 4.15. The van der Waals surface area contributed by atoms with Crippen LogP contribution in [0.3, 0.4) is 0 Å². The fourth-order valence-electron chi connectivity index (χ4n) is 2.76. The van der Waals surface area contributed by atoms with Gasteiger partial charge < -0.3 is 15.5 Å². The highest BCUT2D eigenvalue weighted by Crippen LogP contribution is 2.28. The van der Waals surface area contributed by atoms with Gasteiger partial charge in [-0.25, -0.2) is 4.98 Å². The molecule has 0 radical (unpaired) electrons. The minimum atomic E-state index is -4.36. The molecule has 1 atom stereocenters. The molecule has 0 aromatic carbocycles. The van der Waals surface area contributed by atoms with Crippen LogP contribution in [-0.2, 0) is 12.7 Å². The topological polar surface area (TPSA) is 70.9 Å². The predicted molar refractivity (Wildman–Crippen MR) is 92.0 cm³/mol. The molecule has 3 heterocycles. The molecule has 142 valence electrons. The van der Waals surface area contributed by atoms with Crippen molar-refractivity contribution in [3.63, 3.8) is 0 Å². The third-order valence-electron chi connectivity index (χ3n) is 4.15. The van der Waals surface area contributed by atoms with Crippen LogP contribution in [-0.4, -0.2) is 52.5 Å². The minimum Gasteiger partial charge on any atom is -0.354 e. The first-order valence-electron chi connectivity index (χ1n) is 8.54. The highest BCUT2D eigenvalue weighted by Gasteiger charge is 2.32. The van der Waals surface area contributed by atoms with Crippen LogP contribution in [0.4, 0.5) is 24.9 Å². The van der Waals surface area contributed by atoms with Crippen LogP contribution >= 0.6 is 0 Å². The minimum absolute atomic E-state index is 0.0578. The molecule has 0 spiro atoms. The van der Waals surface area contributed by atoms with Crippen LogP contribution in [0, 0.1) is 5.92 Å². The van der Waals surface area contributed by atoms with Crippen molar-refractivity contribution in [2.45, 2.75) is 19.6 Å². The van der Waals surface area contributed by atoms with Gasteiger partial charge in [0.2, 0.25) is 5.95 Å². The smallest absolute Gasteiger partial charge is 0.354 e. The molecule has 0 bridgehead atoms. The van der Waals surface area contributed by atoms with E-state index < -0.39 is 11.7 Å². The average Bonchev–Trinajstić information content (AvgIpc) is 3.10. The molecular formula is C16H22F3N7. The number of rotatable bonds is 6. The first-order valence-corrected chi connectivity index (χ1v) is 8.54. The van der Waals surface area contributed by atoms with Crippen molar-refractivity contribution in [1.82, 2.24) is 25.1 Å². The van der Waals surface area contributed by atoms with Crippen LogP contribution in [0.25, 0.3) is 0 Å². The standard InChI is InChI=1S/C16H22F3N7/c1-12(10-26-11-13(9-23-26)16(17,18)19)8-22-15-21-3-2-14(24-15)25-6-4-20-5-7-25/h2-3,9,11-12,20H,4-8,10H2,1H3,(H,21,22,24). The van der Waals surface area contributed by atoms with E-state index in [2.05, 4.69) is 30.6 Å². The van der Waals surface area contributed by atoms with Gasteiger partial charge in [0, 0.05) is 51.7 Å². The predicted octanol–water partition coefficient (Wildman–Crippen LogP) is 1.85. The van der Waals surface area contributed by atoms with Crippen LogP contribution in [0.5, 0.6) is 0 Å². The second kappa shape index (κ2) is 7.90. The van der Waals surface area contributed by atoms with Gasteiger partial charge in [-0.3, -0.25) is 4.68 Å². The van der Waals surface area contributed by atoms with Gasteiger partial charge in [0.25, 0.3) is 0 Å². The Balaban J connectivity index is 1.52. The third kappa shape index (κ3) is 4.84. The molecule has 1 fully saturated rings. The van der Waals surface area contributed by atoms with Gasteiger partial charge in [-0.05, 0) is 12.0 Å². The molecule has 2 aromatic heterocycles. The summed E-state index contributed by atoms with van der Waals surface area (Å²) in [6.45, 7) is 6.48. The second-order valence-corrected chi connectivity index (χ2v) is 6.41. The first-order chi connectivity index (χ1) is 12.4. The molecule has 1 saturated heterocycles. The lowest BCUT2D eigenvalue weighted by atomic mass is 10.2. The number of nitrogens with zero attached hydrogens (tertiary/aromatic N) is 5. The van der Waals surface area contributed by atoms with Gasteiger partial charge in [0.15, 0.2) is 0 Å². The summed E-state index contributed by atoms with van der Waals surface area (Å²) in [5.74, 6) is 1.45. The monoisotopic (exact) mass is 369 g/mol. The number of piperazine rings is 1. The molecule has 1 unspecified atom stereocenters. The van der Waals surface area contributed by atoms with Crippen molar-refractivity contribution in [2.75, 3.05) is 42.9 Å². The van der Waals surface area contributed by atoms with Gasteiger partial charge >= 0.3 is 6.18 Å². The number of halogens is 3. The summed E-state index contributed by atoms with van der Waals surface area (Å²) in [7, 11) is 0. The van der Waals surface area contributed by atoms with Crippen LogP contribution < -0.4 is 15.5 Å². The first kappa shape index (κ1) is 18.4. The van der Waals surface area contributed by atoms with E-state index in [9.17, 15) is 13.2 Å². The maximum absolute atomic E-state index is 12.6. The largest absolute Gasteiger partial charge is 0.419 e. The molecule has 1 aliphatic rings. The lowest BCUT2D eigenvalue weighted by Gasteiger charge is -2.28. The van der Waals surface area contributed by atoms with Gasteiger partial charge in [-0.2, -0.15) is 23.3 Å². The normalized spacial score (nSPS) is 16.5. The van der Waals surface area contributed by atoms with E-state index >= 15 is 0 Å². The molecule has 10 heteroatoms. The van der Waals surface area contributed by atoms with E-state index in [0.717, 1.165) is 44.4 Å². The van der Waals surface area contributed by atoms with Crippen LogP contribution in [0.2, 0.25) is 0 Å². The Bertz CT molecular complexity index is 710. The number of alkyl halides is 3. The number of anilines is 2. The Kier molecular flexibility index (Phi) is 5.60. The van der Waals surface area contributed by atoms with Crippen LogP contribution in [0.1, 0.15) is 12.5 Å². The quantitative estimate of drug-likeness (QED) is 0.810. The van der Waals surface area contributed by atoms with Crippen molar-refractivity contribution in [3.8, 4) is 0 Å². The zero-order valence-electron chi connectivity index (χ0n) is 14.5. The van der Waals surface area contributed by atoms with Crippen LogP contribution in [0.15, 0.2) is 24.7 Å². The Hall–Kier alpha value is -2.36. The van der Waals surface area contributed by atoms with Crippen molar-refractivity contribution >= 4 is 11.8 Å². The molecular weight excluding hydrogens is 347 g/mol. The zero-order valence-corrected chi connectivity index (χ0v) is 14.5. The van der Waals surface area contributed by atoms with E-state index in [1.165, 1.54) is 4.68 Å². The highest BCUT2D eigenvalue weighted by molar-refractivity contribution is 5.42. The maximum Gasteiger partial charge on any atom is 0.419 e. The Morgan fingerprint density at radius 3 is 2.77 bits per heavy atom. The number of nitrogens with one attached hydrogen (secondary N) is 2. The van der Waals surface area contributed by atoms with E-state index in [1.54, 1.807) is 6.20 Å². The van der Waals surface area contributed by atoms with Crippen molar-refractivity contribution in [2.24, 2.45) is 5.92 Å². The summed E-state index contributed by atoms with van der Waals surface area (Å²) < 4.78 is 39.1. The van der Waals surface area contributed by atoms with Gasteiger partial charge in [-0.15, -0.1) is 0 Å². The van der Waals surface area contributed by atoms with E-state index in [4.69, 9.17) is 0 Å². The molecule has 2 N–H and O–H groups in total. The fourth-order valence-corrected chi connectivity index (χ4v) is 2.76. The summed E-state index contributed by atoms with van der Waals surface area (Å²) in [6, 6.07) is 1.88. The average molecular weight is 369 g/mol. The van der Waals surface area contributed by atoms with E-state index in [0.29, 0.717) is 19.0 Å². The molecule has 2 aromatic rings. The number of hydrogen-bond donors (Lipinski definition) is 2. The molecule has 7 nitrogen and oxygen atoms in total. The van der Waals surface area contributed by atoms with Gasteiger partial charge in [0.1, 0.15) is 5.82 Å². The fraction of sp³-hybridized carbons (Fsp3) is 0.562. The summed E-state index contributed by atoms with van der Waals surface area (Å²) in [5, 5.41) is 10.2. The van der Waals surface area contributed by atoms with E-state index in [-0.39, 0.29) is 5.92 Å². The highest BCUT2D eigenvalue weighted by atomic mass is 19.4. The molecule has 1 aliphatic heterocycles. The molecule has 0 saturated carbocycles. The van der Waals surface area contributed by atoms with Gasteiger partial charge in [-0.1, -0.05) is 6.92 Å². The zero-order chi connectivity index (χ0) is 18.6. The Morgan fingerprint density at radius 1 is 1.31 bits per heavy atom. The molecule has 26 heavy (non-hydrogen) atoms.